The normalized spacial score (nSPS) is 10.3. The Bertz CT molecular complexity index is 535. The summed E-state index contributed by atoms with van der Waals surface area (Å²) >= 11 is 5.75. The number of nitrogens with two attached hydrogens (primary N) is 1. The lowest BCUT2D eigenvalue weighted by Gasteiger charge is -2.06. The molecule has 2 aromatic rings. The van der Waals surface area contributed by atoms with Crippen molar-refractivity contribution < 1.29 is 4.74 Å². The van der Waals surface area contributed by atoms with Gasteiger partial charge < -0.3 is 10.5 Å². The van der Waals surface area contributed by atoms with Crippen molar-refractivity contribution >= 4 is 17.4 Å². The smallest absolute Gasteiger partial charge is 0.122 e. The summed E-state index contributed by atoms with van der Waals surface area (Å²) in [6.07, 6.45) is 3.33. The molecular formula is C12H13ClN4O. The highest BCUT2D eigenvalue weighted by Gasteiger charge is 1.99. The summed E-state index contributed by atoms with van der Waals surface area (Å²) in [4.78, 5) is 0. The van der Waals surface area contributed by atoms with Gasteiger partial charge in [0.15, 0.2) is 0 Å². The van der Waals surface area contributed by atoms with E-state index in [0.29, 0.717) is 23.7 Å². The molecule has 1 aromatic carbocycles. The number of amidine groups is 1. The molecule has 0 radical (unpaired) electrons. The van der Waals surface area contributed by atoms with Gasteiger partial charge in [-0.25, -0.2) is 0 Å². The van der Waals surface area contributed by atoms with E-state index in [-0.39, 0.29) is 5.84 Å². The molecule has 0 fully saturated rings. The first-order chi connectivity index (χ1) is 8.65. The Morgan fingerprint density at radius 3 is 2.67 bits per heavy atom. The Morgan fingerprint density at radius 2 is 2.11 bits per heavy atom. The highest BCUT2D eigenvalue weighted by atomic mass is 35.5. The van der Waals surface area contributed by atoms with E-state index in [1.165, 1.54) is 0 Å². The molecule has 0 saturated heterocycles. The molecule has 0 spiro atoms. The molecule has 0 aliphatic heterocycles. The molecule has 0 bridgehead atoms. The van der Waals surface area contributed by atoms with Crippen molar-refractivity contribution in [1.29, 1.82) is 5.41 Å². The fraction of sp³-hybridized carbons (Fsp3) is 0.167. The quantitative estimate of drug-likeness (QED) is 0.640. The van der Waals surface area contributed by atoms with Crippen LogP contribution in [0.15, 0.2) is 36.7 Å². The van der Waals surface area contributed by atoms with Gasteiger partial charge in [0.2, 0.25) is 0 Å². The van der Waals surface area contributed by atoms with Crippen LogP contribution in [0.3, 0.4) is 0 Å². The second kappa shape index (κ2) is 5.55. The molecule has 1 heterocycles. The van der Waals surface area contributed by atoms with E-state index in [9.17, 15) is 0 Å². The van der Waals surface area contributed by atoms with Crippen molar-refractivity contribution in [3.8, 4) is 5.75 Å². The first kappa shape index (κ1) is 12.4. The van der Waals surface area contributed by atoms with Gasteiger partial charge in [-0.3, -0.25) is 10.1 Å². The number of aromatic nitrogens is 2. The van der Waals surface area contributed by atoms with E-state index in [0.717, 1.165) is 5.75 Å². The molecule has 1 aromatic heterocycles. The fourth-order valence-corrected chi connectivity index (χ4v) is 1.60. The van der Waals surface area contributed by atoms with E-state index < -0.39 is 0 Å². The van der Waals surface area contributed by atoms with E-state index in [2.05, 4.69) is 5.10 Å². The van der Waals surface area contributed by atoms with Gasteiger partial charge in [0.25, 0.3) is 0 Å². The summed E-state index contributed by atoms with van der Waals surface area (Å²) in [5.74, 6) is 0.783. The van der Waals surface area contributed by atoms with Crippen LogP contribution in [0.2, 0.25) is 5.02 Å². The lowest BCUT2D eigenvalue weighted by Crippen LogP contribution is -2.11. The highest BCUT2D eigenvalue weighted by molar-refractivity contribution is 6.30. The number of hydrogen-bond donors (Lipinski definition) is 2. The molecule has 2 rings (SSSR count). The summed E-state index contributed by atoms with van der Waals surface area (Å²) < 4.78 is 7.25. The summed E-state index contributed by atoms with van der Waals surface area (Å²) in [7, 11) is 0. The predicted octanol–water partition coefficient (Wildman–Crippen LogP) is 1.90. The van der Waals surface area contributed by atoms with Crippen molar-refractivity contribution in [3.63, 3.8) is 0 Å². The molecule has 3 N–H and O–H groups in total. The SMILES string of the molecule is N=C(N)c1ccc(OCCn2cc(Cl)cn2)cc1. The van der Waals surface area contributed by atoms with Crippen LogP contribution in [0.5, 0.6) is 5.75 Å². The van der Waals surface area contributed by atoms with Crippen molar-refractivity contribution in [3.05, 3.63) is 47.2 Å². The molecule has 0 saturated carbocycles. The predicted molar refractivity (Wildman–Crippen MR) is 70.2 cm³/mol. The lowest BCUT2D eigenvalue weighted by atomic mass is 10.2. The Kier molecular flexibility index (Phi) is 3.84. The first-order valence-electron chi connectivity index (χ1n) is 5.40. The van der Waals surface area contributed by atoms with E-state index in [1.807, 2.05) is 0 Å². The van der Waals surface area contributed by atoms with Gasteiger partial charge >= 0.3 is 0 Å². The van der Waals surface area contributed by atoms with Crippen molar-refractivity contribution in [2.75, 3.05) is 6.61 Å². The minimum Gasteiger partial charge on any atom is -0.492 e. The van der Waals surface area contributed by atoms with Gasteiger partial charge in [-0.2, -0.15) is 5.10 Å². The summed E-state index contributed by atoms with van der Waals surface area (Å²) in [5.41, 5.74) is 6.04. The Hall–Kier alpha value is -2.01. The number of halogens is 1. The van der Waals surface area contributed by atoms with E-state index in [1.54, 1.807) is 41.3 Å². The first-order valence-corrected chi connectivity index (χ1v) is 5.78. The van der Waals surface area contributed by atoms with Gasteiger partial charge in [0, 0.05) is 11.8 Å². The van der Waals surface area contributed by atoms with Gasteiger partial charge in [-0.15, -0.1) is 0 Å². The molecular weight excluding hydrogens is 252 g/mol. The van der Waals surface area contributed by atoms with Crippen LogP contribution in [0.25, 0.3) is 0 Å². The van der Waals surface area contributed by atoms with Crippen LogP contribution >= 0.6 is 11.6 Å². The summed E-state index contributed by atoms with van der Waals surface area (Å²) in [6, 6.07) is 7.07. The van der Waals surface area contributed by atoms with Crippen LogP contribution in [-0.2, 0) is 6.54 Å². The van der Waals surface area contributed by atoms with Gasteiger partial charge in [-0.1, -0.05) is 11.6 Å². The standard InChI is InChI=1S/C12H13ClN4O/c13-10-7-16-17(8-10)5-6-18-11-3-1-9(2-4-11)12(14)15/h1-4,7-8H,5-6H2,(H3,14,15). The maximum Gasteiger partial charge on any atom is 0.122 e. The zero-order chi connectivity index (χ0) is 13.0. The highest BCUT2D eigenvalue weighted by Crippen LogP contribution is 2.12. The number of benzene rings is 1. The molecule has 0 atom stereocenters. The maximum atomic E-state index is 7.27. The third-order valence-corrected chi connectivity index (χ3v) is 2.55. The second-order valence-electron chi connectivity index (χ2n) is 3.71. The minimum absolute atomic E-state index is 0.0488. The van der Waals surface area contributed by atoms with Gasteiger partial charge in [0.05, 0.1) is 17.8 Å². The number of ether oxygens (including phenoxy) is 1. The maximum absolute atomic E-state index is 7.27. The van der Waals surface area contributed by atoms with E-state index in [4.69, 9.17) is 27.5 Å². The average molecular weight is 265 g/mol. The number of rotatable bonds is 5. The largest absolute Gasteiger partial charge is 0.492 e. The summed E-state index contributed by atoms with van der Waals surface area (Å²) in [6.45, 7) is 1.12. The number of nitrogens with one attached hydrogen (secondary N) is 1. The molecule has 5 nitrogen and oxygen atoms in total. The summed E-state index contributed by atoms with van der Waals surface area (Å²) in [5, 5.41) is 11.9. The number of hydrogen-bond acceptors (Lipinski definition) is 3. The molecule has 6 heteroatoms. The lowest BCUT2D eigenvalue weighted by molar-refractivity contribution is 0.291. The zero-order valence-electron chi connectivity index (χ0n) is 9.64. The van der Waals surface area contributed by atoms with Crippen LogP contribution in [-0.4, -0.2) is 22.2 Å². The van der Waals surface area contributed by atoms with Gasteiger partial charge in [-0.05, 0) is 24.3 Å². The Labute approximate surface area is 110 Å². The van der Waals surface area contributed by atoms with Crippen molar-refractivity contribution in [2.45, 2.75) is 6.54 Å². The minimum atomic E-state index is 0.0488. The Balaban J connectivity index is 1.85. The van der Waals surface area contributed by atoms with Gasteiger partial charge in [0.1, 0.15) is 18.2 Å². The van der Waals surface area contributed by atoms with Crippen LogP contribution in [0, 0.1) is 5.41 Å². The average Bonchev–Trinajstić information content (AvgIpc) is 2.76. The third-order valence-electron chi connectivity index (χ3n) is 2.36. The Morgan fingerprint density at radius 1 is 1.39 bits per heavy atom. The van der Waals surface area contributed by atoms with E-state index >= 15 is 0 Å². The zero-order valence-corrected chi connectivity index (χ0v) is 10.4. The molecule has 0 unspecified atom stereocenters. The molecule has 18 heavy (non-hydrogen) atoms. The molecule has 94 valence electrons. The van der Waals surface area contributed by atoms with Crippen LogP contribution in [0.4, 0.5) is 0 Å². The number of nitrogen functional groups attached to an aromatic ring is 1. The molecule has 0 aliphatic carbocycles. The monoisotopic (exact) mass is 264 g/mol. The second-order valence-corrected chi connectivity index (χ2v) is 4.14. The third kappa shape index (κ3) is 3.24. The molecule has 0 amide bonds. The number of nitrogens with zero attached hydrogens (tertiary/aromatic N) is 2. The molecule has 0 aliphatic rings. The van der Waals surface area contributed by atoms with Crippen LogP contribution in [0.1, 0.15) is 5.56 Å². The fourth-order valence-electron chi connectivity index (χ4n) is 1.45. The van der Waals surface area contributed by atoms with Crippen LogP contribution < -0.4 is 10.5 Å². The van der Waals surface area contributed by atoms with Crippen molar-refractivity contribution in [1.82, 2.24) is 9.78 Å². The van der Waals surface area contributed by atoms with Crippen molar-refractivity contribution in [2.24, 2.45) is 5.73 Å². The topological polar surface area (TPSA) is 76.9 Å².